The second-order valence-electron chi connectivity index (χ2n) is 3.81. The fraction of sp³-hybridized carbons (Fsp3) is 0.889. The van der Waals surface area contributed by atoms with E-state index in [4.69, 9.17) is 5.11 Å². The monoisotopic (exact) mass is 187 g/mol. The Morgan fingerprint density at radius 2 is 1.92 bits per heavy atom. The molecule has 0 heterocycles. The van der Waals surface area contributed by atoms with E-state index in [9.17, 15) is 9.90 Å². The minimum absolute atomic E-state index is 0.00463. The maximum Gasteiger partial charge on any atom is 0.404 e. The van der Waals surface area contributed by atoms with Gasteiger partial charge in [0.15, 0.2) is 0 Å². The predicted molar refractivity (Wildman–Crippen MR) is 48.6 cm³/mol. The van der Waals surface area contributed by atoms with Gasteiger partial charge in [0.25, 0.3) is 0 Å². The summed E-state index contributed by atoms with van der Waals surface area (Å²) in [5.74, 6) is 0.388. The van der Waals surface area contributed by atoms with Crippen molar-refractivity contribution in [2.24, 2.45) is 5.92 Å². The van der Waals surface area contributed by atoms with Crippen molar-refractivity contribution in [2.75, 3.05) is 0 Å². The molecular weight excluding hydrogens is 170 g/mol. The average Bonchev–Trinajstić information content (AvgIpc) is 2.04. The number of nitrogens with one attached hydrogen (secondary N) is 1. The molecule has 1 aliphatic rings. The highest BCUT2D eigenvalue weighted by atomic mass is 16.4. The Labute approximate surface area is 78.0 Å². The molecule has 1 amide bonds. The molecule has 1 aliphatic carbocycles. The Hall–Kier alpha value is -0.770. The zero-order valence-corrected chi connectivity index (χ0v) is 7.86. The summed E-state index contributed by atoms with van der Waals surface area (Å²) in [4.78, 5) is 10.4. The van der Waals surface area contributed by atoms with E-state index in [2.05, 4.69) is 5.32 Å². The van der Waals surface area contributed by atoms with Crippen molar-refractivity contribution >= 4 is 6.09 Å². The van der Waals surface area contributed by atoms with Crippen LogP contribution in [0.2, 0.25) is 0 Å². The zero-order chi connectivity index (χ0) is 9.84. The van der Waals surface area contributed by atoms with Crippen LogP contribution in [0.25, 0.3) is 0 Å². The van der Waals surface area contributed by atoms with Crippen LogP contribution in [0.5, 0.6) is 0 Å². The summed E-state index contributed by atoms with van der Waals surface area (Å²) in [6.07, 6.45) is 2.31. The lowest BCUT2D eigenvalue weighted by Crippen LogP contribution is -2.39. The van der Waals surface area contributed by atoms with E-state index in [-0.39, 0.29) is 12.1 Å². The molecule has 4 nitrogen and oxygen atoms in total. The Morgan fingerprint density at radius 3 is 2.38 bits per heavy atom. The highest BCUT2D eigenvalue weighted by Crippen LogP contribution is 2.26. The highest BCUT2D eigenvalue weighted by Gasteiger charge is 2.24. The quantitative estimate of drug-likeness (QED) is 0.608. The van der Waals surface area contributed by atoms with Crippen LogP contribution in [0.1, 0.15) is 32.6 Å². The molecule has 1 saturated carbocycles. The second-order valence-corrected chi connectivity index (χ2v) is 3.81. The first-order chi connectivity index (χ1) is 6.09. The Balaban J connectivity index is 2.31. The van der Waals surface area contributed by atoms with Gasteiger partial charge < -0.3 is 15.5 Å². The van der Waals surface area contributed by atoms with Crippen LogP contribution >= 0.6 is 0 Å². The number of rotatable bonds is 2. The van der Waals surface area contributed by atoms with E-state index in [1.165, 1.54) is 0 Å². The Morgan fingerprint density at radius 1 is 1.38 bits per heavy atom. The summed E-state index contributed by atoms with van der Waals surface area (Å²) in [6, 6.07) is 0.00463. The number of hydrogen-bond acceptors (Lipinski definition) is 2. The number of aliphatic hydroxyl groups is 1. The van der Waals surface area contributed by atoms with E-state index in [0.717, 1.165) is 25.7 Å². The third-order valence-corrected chi connectivity index (χ3v) is 2.80. The molecular formula is C9H17NO3. The van der Waals surface area contributed by atoms with E-state index >= 15 is 0 Å². The Kier molecular flexibility index (Phi) is 3.54. The van der Waals surface area contributed by atoms with Gasteiger partial charge in [0, 0.05) is 6.04 Å². The Bertz CT molecular complexity index is 176. The van der Waals surface area contributed by atoms with Gasteiger partial charge in [-0.2, -0.15) is 0 Å². The summed E-state index contributed by atoms with van der Waals surface area (Å²) < 4.78 is 0. The van der Waals surface area contributed by atoms with Gasteiger partial charge in [0.1, 0.15) is 0 Å². The molecule has 4 heteroatoms. The molecule has 1 rings (SSSR count). The molecule has 0 unspecified atom stereocenters. The topological polar surface area (TPSA) is 69.6 Å². The molecule has 0 saturated heterocycles. The van der Waals surface area contributed by atoms with Gasteiger partial charge in [-0.1, -0.05) is 0 Å². The second kappa shape index (κ2) is 4.46. The number of amides is 1. The van der Waals surface area contributed by atoms with Gasteiger partial charge >= 0.3 is 6.09 Å². The third-order valence-electron chi connectivity index (χ3n) is 2.80. The number of carbonyl (C=O) groups is 1. The molecule has 3 N–H and O–H groups in total. The maximum atomic E-state index is 10.4. The predicted octanol–water partition coefficient (Wildman–Crippen LogP) is 1.19. The minimum Gasteiger partial charge on any atom is -0.465 e. The summed E-state index contributed by atoms with van der Waals surface area (Å²) in [5, 5.41) is 20.2. The van der Waals surface area contributed by atoms with Crippen LogP contribution in [-0.2, 0) is 0 Å². The van der Waals surface area contributed by atoms with Crippen molar-refractivity contribution in [3.05, 3.63) is 0 Å². The summed E-state index contributed by atoms with van der Waals surface area (Å²) >= 11 is 0. The molecule has 0 aromatic heterocycles. The zero-order valence-electron chi connectivity index (χ0n) is 7.86. The highest BCUT2D eigenvalue weighted by molar-refractivity contribution is 5.64. The largest absolute Gasteiger partial charge is 0.465 e. The fourth-order valence-corrected chi connectivity index (χ4v) is 1.91. The van der Waals surface area contributed by atoms with Crippen molar-refractivity contribution in [3.63, 3.8) is 0 Å². The van der Waals surface area contributed by atoms with Crippen molar-refractivity contribution in [3.8, 4) is 0 Å². The first kappa shape index (κ1) is 10.3. The number of aliphatic hydroxyl groups excluding tert-OH is 1. The molecule has 1 fully saturated rings. The van der Waals surface area contributed by atoms with E-state index in [0.29, 0.717) is 5.92 Å². The molecule has 13 heavy (non-hydrogen) atoms. The van der Waals surface area contributed by atoms with Crippen LogP contribution in [0, 0.1) is 5.92 Å². The van der Waals surface area contributed by atoms with Crippen molar-refractivity contribution in [1.82, 2.24) is 5.32 Å². The van der Waals surface area contributed by atoms with Crippen LogP contribution in [-0.4, -0.2) is 28.5 Å². The fourth-order valence-electron chi connectivity index (χ4n) is 1.91. The van der Waals surface area contributed by atoms with Gasteiger partial charge in [-0.3, -0.25) is 0 Å². The minimum atomic E-state index is -0.960. The lowest BCUT2D eigenvalue weighted by molar-refractivity contribution is 0.0985. The van der Waals surface area contributed by atoms with Crippen LogP contribution in [0.15, 0.2) is 0 Å². The number of hydrogen-bond donors (Lipinski definition) is 3. The van der Waals surface area contributed by atoms with E-state index < -0.39 is 6.09 Å². The molecule has 0 radical (unpaired) electrons. The van der Waals surface area contributed by atoms with Gasteiger partial charge in [0.05, 0.1) is 6.10 Å². The first-order valence-corrected chi connectivity index (χ1v) is 4.77. The molecule has 1 atom stereocenters. The maximum absolute atomic E-state index is 10.4. The van der Waals surface area contributed by atoms with Gasteiger partial charge in [-0.05, 0) is 38.5 Å². The van der Waals surface area contributed by atoms with Crippen molar-refractivity contribution in [1.29, 1.82) is 0 Å². The van der Waals surface area contributed by atoms with Crippen LogP contribution in [0.3, 0.4) is 0 Å². The summed E-state index contributed by atoms with van der Waals surface area (Å²) in [7, 11) is 0. The van der Waals surface area contributed by atoms with Crippen LogP contribution < -0.4 is 5.32 Å². The molecule has 76 valence electrons. The third kappa shape index (κ3) is 3.22. The van der Waals surface area contributed by atoms with E-state index in [1.54, 1.807) is 0 Å². The molecule has 0 aromatic rings. The lowest BCUT2D eigenvalue weighted by Gasteiger charge is -2.29. The lowest BCUT2D eigenvalue weighted by atomic mass is 9.83. The number of carboxylic acid groups (broad SMARTS) is 1. The SMILES string of the molecule is C[C@@H](NC(=O)O)C1CCC(O)CC1. The van der Waals surface area contributed by atoms with E-state index in [1.807, 2.05) is 6.92 Å². The molecule has 0 spiro atoms. The molecule has 0 bridgehead atoms. The van der Waals surface area contributed by atoms with Crippen molar-refractivity contribution in [2.45, 2.75) is 44.8 Å². The molecule has 0 aliphatic heterocycles. The molecule has 0 aromatic carbocycles. The van der Waals surface area contributed by atoms with Gasteiger partial charge in [0.2, 0.25) is 0 Å². The first-order valence-electron chi connectivity index (χ1n) is 4.77. The normalized spacial score (nSPS) is 30.9. The van der Waals surface area contributed by atoms with Crippen molar-refractivity contribution < 1.29 is 15.0 Å². The smallest absolute Gasteiger partial charge is 0.404 e. The summed E-state index contributed by atoms with van der Waals surface area (Å²) in [5.41, 5.74) is 0. The van der Waals surface area contributed by atoms with Gasteiger partial charge in [-0.15, -0.1) is 0 Å². The van der Waals surface area contributed by atoms with Crippen LogP contribution in [0.4, 0.5) is 4.79 Å². The standard InChI is InChI=1S/C9H17NO3/c1-6(10-9(12)13)7-2-4-8(11)5-3-7/h6-8,10-11H,2-5H2,1H3,(H,12,13)/t6-,7?,8?/m1/s1. The average molecular weight is 187 g/mol. The van der Waals surface area contributed by atoms with Gasteiger partial charge in [-0.25, -0.2) is 4.79 Å². The summed E-state index contributed by atoms with van der Waals surface area (Å²) in [6.45, 7) is 1.89.